The molecule has 0 aromatic heterocycles. The first-order valence-electron chi connectivity index (χ1n) is 10.4. The second-order valence-electron chi connectivity index (χ2n) is 9.49. The highest BCUT2D eigenvalue weighted by Gasteiger charge is 2.50. The van der Waals surface area contributed by atoms with Crippen molar-refractivity contribution < 1.29 is 14.3 Å². The monoisotopic (exact) mass is 348 g/mol. The number of piperidine rings is 1. The van der Waals surface area contributed by atoms with Gasteiger partial charge in [0.05, 0.1) is 13.2 Å². The molecule has 1 N–H and O–H groups in total. The summed E-state index contributed by atoms with van der Waals surface area (Å²) >= 11 is 0. The van der Waals surface area contributed by atoms with Gasteiger partial charge in [0.25, 0.3) is 0 Å². The van der Waals surface area contributed by atoms with Crippen LogP contribution in [-0.2, 0) is 9.47 Å². The fraction of sp³-hybridized carbons (Fsp3) is 0.950. The summed E-state index contributed by atoms with van der Waals surface area (Å²) in [7, 11) is 0. The van der Waals surface area contributed by atoms with Gasteiger partial charge < -0.3 is 19.7 Å². The molecule has 4 aliphatic carbocycles. The van der Waals surface area contributed by atoms with Crippen molar-refractivity contribution in [2.45, 2.75) is 63.6 Å². The van der Waals surface area contributed by atoms with Crippen LogP contribution in [0.25, 0.3) is 0 Å². The number of carbonyl (C=O) groups is 1. The average molecular weight is 348 g/mol. The normalized spacial score (nSPS) is 41.4. The van der Waals surface area contributed by atoms with E-state index in [9.17, 15) is 4.79 Å². The molecule has 140 valence electrons. The fourth-order valence-electron chi connectivity index (χ4n) is 6.98. The Labute approximate surface area is 150 Å². The first kappa shape index (κ1) is 16.4. The summed E-state index contributed by atoms with van der Waals surface area (Å²) in [6, 6.07) is 0.109. The largest absolute Gasteiger partial charge is 0.347 e. The molecule has 2 aliphatic heterocycles. The predicted molar refractivity (Wildman–Crippen MR) is 94.1 cm³/mol. The van der Waals surface area contributed by atoms with E-state index in [1.165, 1.54) is 44.9 Å². The molecule has 2 amide bonds. The molecule has 1 spiro atoms. The molecule has 6 fully saturated rings. The number of hydrogen-bond acceptors (Lipinski definition) is 3. The molecule has 4 saturated carbocycles. The highest BCUT2D eigenvalue weighted by molar-refractivity contribution is 5.74. The minimum Gasteiger partial charge on any atom is -0.347 e. The Morgan fingerprint density at radius 2 is 1.52 bits per heavy atom. The van der Waals surface area contributed by atoms with Crippen LogP contribution in [0, 0.1) is 23.2 Å². The minimum absolute atomic E-state index is 0.109. The zero-order valence-corrected chi connectivity index (χ0v) is 15.3. The van der Waals surface area contributed by atoms with Crippen LogP contribution in [0.3, 0.4) is 0 Å². The minimum atomic E-state index is -0.393. The number of nitrogens with one attached hydrogen (secondary N) is 1. The third-order valence-electron chi connectivity index (χ3n) is 7.72. The van der Waals surface area contributed by atoms with Crippen molar-refractivity contribution in [2.24, 2.45) is 23.2 Å². The van der Waals surface area contributed by atoms with Crippen LogP contribution in [0.4, 0.5) is 4.79 Å². The van der Waals surface area contributed by atoms with Crippen molar-refractivity contribution in [3.8, 4) is 0 Å². The number of likely N-dealkylation sites (tertiary alicyclic amines) is 1. The molecular formula is C20H32N2O3. The van der Waals surface area contributed by atoms with E-state index in [0.29, 0.717) is 18.6 Å². The Hall–Kier alpha value is -0.810. The maximum Gasteiger partial charge on any atom is 0.317 e. The number of urea groups is 1. The molecule has 25 heavy (non-hydrogen) atoms. The van der Waals surface area contributed by atoms with E-state index in [-0.39, 0.29) is 6.03 Å². The number of carbonyl (C=O) groups excluding carboxylic acids is 1. The lowest BCUT2D eigenvalue weighted by Gasteiger charge is -2.57. The van der Waals surface area contributed by atoms with Crippen LogP contribution in [-0.4, -0.2) is 49.6 Å². The topological polar surface area (TPSA) is 50.8 Å². The lowest BCUT2D eigenvalue weighted by Crippen LogP contribution is -2.51. The molecule has 0 unspecified atom stereocenters. The maximum atomic E-state index is 12.5. The third kappa shape index (κ3) is 3.08. The molecule has 0 radical (unpaired) electrons. The SMILES string of the molecule is O=C(NCCC12CC3CC(CC(C3)C1)C2)N1CCC2(CC1)OCCO2. The van der Waals surface area contributed by atoms with Crippen molar-refractivity contribution in [1.82, 2.24) is 10.2 Å². The summed E-state index contributed by atoms with van der Waals surface area (Å²) in [5.41, 5.74) is 0.555. The molecule has 0 aromatic carbocycles. The van der Waals surface area contributed by atoms with Gasteiger partial charge in [0.15, 0.2) is 5.79 Å². The van der Waals surface area contributed by atoms with E-state index in [4.69, 9.17) is 9.47 Å². The number of hydrogen-bond donors (Lipinski definition) is 1. The van der Waals surface area contributed by atoms with Crippen molar-refractivity contribution >= 4 is 6.03 Å². The van der Waals surface area contributed by atoms with E-state index in [0.717, 1.165) is 50.2 Å². The zero-order valence-electron chi connectivity index (χ0n) is 15.3. The molecule has 4 bridgehead atoms. The Kier molecular flexibility index (Phi) is 4.01. The van der Waals surface area contributed by atoms with Crippen LogP contribution in [0.1, 0.15) is 57.8 Å². The first-order chi connectivity index (χ1) is 12.1. The summed E-state index contributed by atoms with van der Waals surface area (Å²) in [5, 5.41) is 3.21. The van der Waals surface area contributed by atoms with Crippen LogP contribution in [0.5, 0.6) is 0 Å². The van der Waals surface area contributed by atoms with Gasteiger partial charge in [0, 0.05) is 32.5 Å². The second-order valence-corrected chi connectivity index (χ2v) is 9.49. The van der Waals surface area contributed by atoms with Crippen LogP contribution >= 0.6 is 0 Å². The first-order valence-corrected chi connectivity index (χ1v) is 10.4. The van der Waals surface area contributed by atoms with Crippen molar-refractivity contribution in [3.63, 3.8) is 0 Å². The van der Waals surface area contributed by atoms with Crippen molar-refractivity contribution in [1.29, 1.82) is 0 Å². The maximum absolute atomic E-state index is 12.5. The van der Waals surface area contributed by atoms with Gasteiger partial charge in [-0.25, -0.2) is 4.79 Å². The molecular weight excluding hydrogens is 316 g/mol. The highest BCUT2D eigenvalue weighted by atomic mass is 16.7. The molecule has 0 aromatic rings. The molecule has 5 nitrogen and oxygen atoms in total. The summed E-state index contributed by atoms with van der Waals surface area (Å²) in [6.45, 7) is 3.71. The molecule has 2 saturated heterocycles. The lowest BCUT2D eigenvalue weighted by molar-refractivity contribution is -0.181. The summed E-state index contributed by atoms with van der Waals surface area (Å²) in [4.78, 5) is 14.5. The van der Waals surface area contributed by atoms with Gasteiger partial charge in [-0.3, -0.25) is 0 Å². The molecule has 5 heteroatoms. The fourth-order valence-corrected chi connectivity index (χ4v) is 6.98. The summed E-state index contributed by atoms with van der Waals surface area (Å²) in [5.74, 6) is 2.58. The summed E-state index contributed by atoms with van der Waals surface area (Å²) in [6.07, 6.45) is 11.5. The van der Waals surface area contributed by atoms with Gasteiger partial charge in [-0.1, -0.05) is 0 Å². The Morgan fingerprint density at radius 3 is 2.08 bits per heavy atom. The van der Waals surface area contributed by atoms with E-state index < -0.39 is 5.79 Å². The molecule has 6 aliphatic rings. The number of ether oxygens (including phenoxy) is 2. The van der Waals surface area contributed by atoms with Gasteiger partial charge in [-0.15, -0.1) is 0 Å². The highest BCUT2D eigenvalue weighted by Crippen LogP contribution is 2.61. The van der Waals surface area contributed by atoms with Gasteiger partial charge in [0.2, 0.25) is 0 Å². The molecule has 6 rings (SSSR count). The van der Waals surface area contributed by atoms with Gasteiger partial charge in [-0.2, -0.15) is 0 Å². The van der Waals surface area contributed by atoms with Crippen molar-refractivity contribution in [2.75, 3.05) is 32.8 Å². The summed E-state index contributed by atoms with van der Waals surface area (Å²) < 4.78 is 11.5. The third-order valence-corrected chi connectivity index (χ3v) is 7.72. The number of rotatable bonds is 3. The van der Waals surface area contributed by atoms with E-state index in [1.807, 2.05) is 4.90 Å². The van der Waals surface area contributed by atoms with E-state index in [2.05, 4.69) is 5.32 Å². The lowest BCUT2D eigenvalue weighted by atomic mass is 9.49. The average Bonchev–Trinajstić information content (AvgIpc) is 3.02. The van der Waals surface area contributed by atoms with Crippen molar-refractivity contribution in [3.05, 3.63) is 0 Å². The number of amides is 2. The van der Waals surface area contributed by atoms with E-state index >= 15 is 0 Å². The second kappa shape index (κ2) is 6.12. The van der Waals surface area contributed by atoms with E-state index in [1.54, 1.807) is 0 Å². The Morgan fingerprint density at radius 1 is 0.960 bits per heavy atom. The van der Waals surface area contributed by atoms with Gasteiger partial charge in [0.1, 0.15) is 0 Å². The Bertz CT molecular complexity index is 484. The Balaban J connectivity index is 1.09. The molecule has 0 atom stereocenters. The van der Waals surface area contributed by atoms with Crippen LogP contribution < -0.4 is 5.32 Å². The number of nitrogens with zero attached hydrogens (tertiary/aromatic N) is 1. The standard InChI is InChI=1S/C20H32N2O3/c23-18(22-5-2-20(3-6-22)24-7-8-25-20)21-4-1-19-12-15-9-16(13-19)11-17(10-15)14-19/h15-17H,1-14H2,(H,21,23). The van der Waals surface area contributed by atoms with Crippen LogP contribution in [0.2, 0.25) is 0 Å². The van der Waals surface area contributed by atoms with Gasteiger partial charge in [-0.05, 0) is 68.1 Å². The quantitative estimate of drug-likeness (QED) is 0.852. The van der Waals surface area contributed by atoms with Gasteiger partial charge >= 0.3 is 6.03 Å². The smallest absolute Gasteiger partial charge is 0.317 e. The predicted octanol–water partition coefficient (Wildman–Crippen LogP) is 3.14. The molecule has 2 heterocycles. The van der Waals surface area contributed by atoms with Crippen LogP contribution in [0.15, 0.2) is 0 Å². The zero-order chi connectivity index (χ0) is 16.9.